The molecule has 0 unspecified atom stereocenters. The summed E-state index contributed by atoms with van der Waals surface area (Å²) in [4.78, 5) is 0. The normalized spacial score (nSPS) is 10.2. The Morgan fingerprint density at radius 3 is 2.62 bits per heavy atom. The molecule has 0 aliphatic carbocycles. The Kier molecular flexibility index (Phi) is 2.32. The highest BCUT2D eigenvalue weighted by Crippen LogP contribution is 2.15. The quantitative estimate of drug-likeness (QED) is 0.779. The topological polar surface area (TPSA) is 28.7 Å². The predicted molar refractivity (Wildman–Crippen MR) is 52.8 cm³/mol. The molecule has 1 N–H and O–H groups in total. The standard InChI is InChI=1S/C10H9ClN2/c11-9-7-12-13-10(9)6-8-4-2-1-3-5-8/h1-5,7H,6H2,(H,12,13). The molecule has 0 spiro atoms. The first-order valence-corrected chi connectivity index (χ1v) is 4.46. The van der Waals surface area contributed by atoms with Crippen molar-refractivity contribution in [3.8, 4) is 0 Å². The van der Waals surface area contributed by atoms with Gasteiger partial charge >= 0.3 is 0 Å². The molecule has 1 aromatic heterocycles. The Balaban J connectivity index is 2.20. The Morgan fingerprint density at radius 1 is 1.23 bits per heavy atom. The van der Waals surface area contributed by atoms with Crippen LogP contribution in [-0.2, 0) is 6.42 Å². The summed E-state index contributed by atoms with van der Waals surface area (Å²) >= 11 is 5.90. The maximum atomic E-state index is 5.90. The lowest BCUT2D eigenvalue weighted by Gasteiger charge is -1.97. The molecule has 66 valence electrons. The van der Waals surface area contributed by atoms with Crippen LogP contribution in [0.4, 0.5) is 0 Å². The second-order valence-corrected chi connectivity index (χ2v) is 3.27. The van der Waals surface area contributed by atoms with Crippen molar-refractivity contribution >= 4 is 11.6 Å². The van der Waals surface area contributed by atoms with Gasteiger partial charge in [-0.15, -0.1) is 0 Å². The first-order valence-electron chi connectivity index (χ1n) is 4.08. The Morgan fingerprint density at radius 2 is 2.00 bits per heavy atom. The van der Waals surface area contributed by atoms with Crippen LogP contribution in [0.2, 0.25) is 5.02 Å². The largest absolute Gasteiger partial charge is 0.281 e. The van der Waals surface area contributed by atoms with Gasteiger partial charge in [0.25, 0.3) is 0 Å². The summed E-state index contributed by atoms with van der Waals surface area (Å²) in [5.74, 6) is 0. The van der Waals surface area contributed by atoms with E-state index in [1.54, 1.807) is 6.20 Å². The maximum absolute atomic E-state index is 5.90. The zero-order chi connectivity index (χ0) is 9.10. The second-order valence-electron chi connectivity index (χ2n) is 2.86. The zero-order valence-electron chi connectivity index (χ0n) is 7.00. The van der Waals surface area contributed by atoms with Gasteiger partial charge in [0.15, 0.2) is 0 Å². The smallest absolute Gasteiger partial charge is 0.0818 e. The number of nitrogens with zero attached hydrogens (tertiary/aromatic N) is 1. The monoisotopic (exact) mass is 192 g/mol. The van der Waals surface area contributed by atoms with E-state index < -0.39 is 0 Å². The van der Waals surface area contributed by atoms with E-state index in [9.17, 15) is 0 Å². The van der Waals surface area contributed by atoms with E-state index in [4.69, 9.17) is 11.6 Å². The van der Waals surface area contributed by atoms with Gasteiger partial charge in [-0.3, -0.25) is 5.10 Å². The fourth-order valence-electron chi connectivity index (χ4n) is 1.22. The fraction of sp³-hybridized carbons (Fsp3) is 0.100. The molecule has 13 heavy (non-hydrogen) atoms. The van der Waals surface area contributed by atoms with Crippen LogP contribution in [0.15, 0.2) is 36.5 Å². The van der Waals surface area contributed by atoms with Gasteiger partial charge in [-0.25, -0.2) is 0 Å². The number of halogens is 1. The summed E-state index contributed by atoms with van der Waals surface area (Å²) < 4.78 is 0. The van der Waals surface area contributed by atoms with Crippen LogP contribution in [0.1, 0.15) is 11.3 Å². The van der Waals surface area contributed by atoms with Gasteiger partial charge in [0, 0.05) is 6.42 Å². The Labute approximate surface area is 81.6 Å². The molecule has 0 fully saturated rings. The molecule has 0 bridgehead atoms. The second kappa shape index (κ2) is 3.62. The van der Waals surface area contributed by atoms with E-state index in [0.29, 0.717) is 5.02 Å². The van der Waals surface area contributed by atoms with E-state index in [0.717, 1.165) is 12.1 Å². The third kappa shape index (κ3) is 1.90. The van der Waals surface area contributed by atoms with Crippen LogP contribution in [0.3, 0.4) is 0 Å². The van der Waals surface area contributed by atoms with Crippen LogP contribution in [0.5, 0.6) is 0 Å². The molecule has 2 aromatic rings. The summed E-state index contributed by atoms with van der Waals surface area (Å²) in [6.45, 7) is 0. The molecule has 0 aliphatic rings. The van der Waals surface area contributed by atoms with Crippen molar-refractivity contribution in [2.24, 2.45) is 0 Å². The van der Waals surface area contributed by atoms with Gasteiger partial charge in [0.2, 0.25) is 0 Å². The number of H-pyrrole nitrogens is 1. The number of rotatable bonds is 2. The van der Waals surface area contributed by atoms with E-state index in [1.165, 1.54) is 5.56 Å². The third-order valence-corrected chi connectivity index (χ3v) is 2.22. The average Bonchev–Trinajstić information content (AvgIpc) is 2.54. The van der Waals surface area contributed by atoms with Crippen LogP contribution in [0, 0.1) is 0 Å². The molecule has 1 heterocycles. The highest BCUT2D eigenvalue weighted by atomic mass is 35.5. The van der Waals surface area contributed by atoms with Gasteiger partial charge in [0.1, 0.15) is 0 Å². The van der Waals surface area contributed by atoms with Crippen molar-refractivity contribution in [3.63, 3.8) is 0 Å². The van der Waals surface area contributed by atoms with Crippen molar-refractivity contribution in [1.29, 1.82) is 0 Å². The molecule has 0 saturated carbocycles. The predicted octanol–water partition coefficient (Wildman–Crippen LogP) is 2.65. The molecular formula is C10H9ClN2. The van der Waals surface area contributed by atoms with Crippen molar-refractivity contribution in [2.75, 3.05) is 0 Å². The summed E-state index contributed by atoms with van der Waals surface area (Å²) in [5, 5.41) is 7.43. The lowest BCUT2D eigenvalue weighted by Crippen LogP contribution is -1.88. The lowest BCUT2D eigenvalue weighted by molar-refractivity contribution is 0.996. The molecule has 0 atom stereocenters. The Hall–Kier alpha value is -1.28. The van der Waals surface area contributed by atoms with Gasteiger partial charge in [0.05, 0.1) is 16.9 Å². The SMILES string of the molecule is Clc1cn[nH]c1Cc1ccccc1. The average molecular weight is 193 g/mol. The molecular weight excluding hydrogens is 184 g/mol. The first kappa shape index (κ1) is 8.32. The minimum absolute atomic E-state index is 0.698. The Bertz CT molecular complexity index is 381. The first-order chi connectivity index (χ1) is 6.36. The molecule has 3 heteroatoms. The molecule has 2 rings (SSSR count). The molecule has 0 saturated heterocycles. The highest BCUT2D eigenvalue weighted by Gasteiger charge is 2.02. The molecule has 0 aliphatic heterocycles. The van der Waals surface area contributed by atoms with E-state index in [1.807, 2.05) is 18.2 Å². The highest BCUT2D eigenvalue weighted by molar-refractivity contribution is 6.31. The van der Waals surface area contributed by atoms with Crippen LogP contribution >= 0.6 is 11.6 Å². The van der Waals surface area contributed by atoms with Crippen molar-refractivity contribution in [2.45, 2.75) is 6.42 Å². The van der Waals surface area contributed by atoms with E-state index in [-0.39, 0.29) is 0 Å². The van der Waals surface area contributed by atoms with Crippen molar-refractivity contribution < 1.29 is 0 Å². The van der Waals surface area contributed by atoms with Crippen molar-refractivity contribution in [3.05, 3.63) is 52.8 Å². The van der Waals surface area contributed by atoms with Crippen molar-refractivity contribution in [1.82, 2.24) is 10.2 Å². The summed E-state index contributed by atoms with van der Waals surface area (Å²) in [5.41, 5.74) is 2.20. The minimum Gasteiger partial charge on any atom is -0.281 e. The zero-order valence-corrected chi connectivity index (χ0v) is 7.75. The summed E-state index contributed by atoms with van der Waals surface area (Å²) in [6.07, 6.45) is 2.43. The van der Waals surface area contributed by atoms with E-state index in [2.05, 4.69) is 22.3 Å². The third-order valence-electron chi connectivity index (χ3n) is 1.89. The van der Waals surface area contributed by atoms with Crippen LogP contribution < -0.4 is 0 Å². The number of aromatic amines is 1. The molecule has 0 amide bonds. The molecule has 2 nitrogen and oxygen atoms in total. The van der Waals surface area contributed by atoms with Crippen LogP contribution in [-0.4, -0.2) is 10.2 Å². The van der Waals surface area contributed by atoms with Crippen LogP contribution in [0.25, 0.3) is 0 Å². The number of hydrogen-bond acceptors (Lipinski definition) is 1. The molecule has 1 aromatic carbocycles. The molecule has 0 radical (unpaired) electrons. The van der Waals surface area contributed by atoms with E-state index >= 15 is 0 Å². The maximum Gasteiger partial charge on any atom is 0.0818 e. The lowest BCUT2D eigenvalue weighted by atomic mass is 10.1. The number of benzene rings is 1. The summed E-state index contributed by atoms with van der Waals surface area (Å²) in [6, 6.07) is 10.2. The summed E-state index contributed by atoms with van der Waals surface area (Å²) in [7, 11) is 0. The number of nitrogens with one attached hydrogen (secondary N) is 1. The van der Waals surface area contributed by atoms with Gasteiger partial charge in [-0.05, 0) is 5.56 Å². The van der Waals surface area contributed by atoms with Gasteiger partial charge < -0.3 is 0 Å². The van der Waals surface area contributed by atoms with Gasteiger partial charge in [-0.2, -0.15) is 5.10 Å². The van der Waals surface area contributed by atoms with Gasteiger partial charge in [-0.1, -0.05) is 41.9 Å². The minimum atomic E-state index is 0.698. The number of aromatic nitrogens is 2. The fourth-order valence-corrected chi connectivity index (χ4v) is 1.38. The number of hydrogen-bond donors (Lipinski definition) is 1.